The molecule has 2 saturated heterocycles. The number of alkyl halides is 4. The highest BCUT2D eigenvalue weighted by atomic mass is 35.5. The van der Waals surface area contributed by atoms with Crippen LogP contribution in [-0.2, 0) is 76.3 Å². The largest absolute Gasteiger partial charge is 0.424 e. The number of likely N-dealkylation sites (tertiary alicyclic amines) is 2. The van der Waals surface area contributed by atoms with Gasteiger partial charge in [0.05, 0.1) is 60.4 Å². The van der Waals surface area contributed by atoms with E-state index in [1.165, 1.54) is 33.3 Å². The van der Waals surface area contributed by atoms with Gasteiger partial charge in [-0.3, -0.25) is 76.9 Å². The van der Waals surface area contributed by atoms with Gasteiger partial charge >= 0.3 is 15.2 Å². The number of anilines is 6. The third-order valence-electron chi connectivity index (χ3n) is 30.9. The van der Waals surface area contributed by atoms with Crippen molar-refractivity contribution < 1.29 is 95.1 Å². The number of carbonyl (C=O) groups excluding carboxylic acids is 14. The van der Waals surface area contributed by atoms with Crippen LogP contribution in [0.15, 0.2) is 103 Å². The van der Waals surface area contributed by atoms with E-state index >= 15 is 0 Å². The normalized spacial score (nSPS) is 24.4. The molecule has 1 aromatic heterocycles. The number of nitrogens with one attached hydrogen (secondary N) is 7. The molecule has 778 valence electrons. The maximum Gasteiger partial charge on any atom is 0.373 e. The Kier molecular flexibility index (Phi) is 31.0. The summed E-state index contributed by atoms with van der Waals surface area (Å²) in [7, 11) is -7.92. The molecule has 8 aromatic rings. The van der Waals surface area contributed by atoms with Crippen LogP contribution in [0.4, 0.5) is 34.1 Å². The van der Waals surface area contributed by atoms with Gasteiger partial charge in [-0.05, 0) is 165 Å². The van der Waals surface area contributed by atoms with E-state index in [-0.39, 0.29) is 166 Å². The predicted octanol–water partition coefficient (Wildman–Crippen LogP) is 15.7. The minimum absolute atomic E-state index is 0.116. The van der Waals surface area contributed by atoms with Crippen LogP contribution < -0.4 is 60.5 Å². The zero-order chi connectivity index (χ0) is 105. The van der Waals surface area contributed by atoms with Gasteiger partial charge in [0.1, 0.15) is 29.9 Å². The van der Waals surface area contributed by atoms with Gasteiger partial charge in [0.15, 0.2) is 5.75 Å². The molecule has 14 amide bonds. The second-order valence-electron chi connectivity index (χ2n) is 42.0. The summed E-state index contributed by atoms with van der Waals surface area (Å²) in [5.41, 5.74) is 5.13. The number of nitrogens with zero attached hydrogens (tertiary/aromatic N) is 6. The van der Waals surface area contributed by atoms with Gasteiger partial charge in [0, 0.05) is 177 Å². The lowest BCUT2D eigenvalue weighted by Crippen LogP contribution is -2.73. The lowest BCUT2D eigenvalue weighted by molar-refractivity contribution is -0.205. The summed E-state index contributed by atoms with van der Waals surface area (Å²) >= 11 is 29.1. The fourth-order valence-electron chi connectivity index (χ4n) is 23.8. The summed E-state index contributed by atoms with van der Waals surface area (Å²) < 4.78 is 36.1. The number of halogens is 4. The first-order chi connectivity index (χ1) is 69.4. The van der Waals surface area contributed by atoms with Crippen LogP contribution in [0.5, 0.6) is 11.5 Å². The van der Waals surface area contributed by atoms with Crippen LogP contribution in [0.2, 0.25) is 0 Å². The molecule has 6 aliphatic carbocycles. The molecule has 12 aliphatic rings. The standard InChI is InChI=1S/C53H61Cl2N6O10PS.C52H62Cl2N7O10PS/c1-29(2)46(58-42(62)17-7-6-12-18-59-43(63)21-41(73-5)49(59)66)48(65)56-30(3)47(64)57-37-19-38-44(35-15-10-8-13-33(35)37)31(22-54)24-60(38)50(67)52-26-53(27-52,28-52)51(68)61-25-32(23-55)45-36-16-11-9-14-34(36)40(20-39(45)61)71-72(4,69)70;1-27(2)44(58-39(62)14-8-7-11-15-59-40(63)18-38(73-6)48(59)66)47(65)56-29(4)46(64)57-34-16-35-42(33-13-10-9-12-32(33)34)30(19-53)22-60(35)49(67)51-24-52(25-51,26-51)50(68)61-23-31(20-54)43-36(61)17-37(71-72(5,69)70)45-41(43)28(3)21-55-45/h8-11,13-16,19-20,29-32,41,46H,6-7,12,17-18,21-28H2,1-5H3,(H,56,65)(H,57,64)(H,58,62)(H,69,70);9-10,12-13,16-17,21,27,29-31,38,44,55H,7-8,11,14-15,18-20,22-26H2,1-6H3,(H,56,65)(H,57,64)(H,58,62)(H,69,70)/t30-,31+,32+,41?,46-,52?,53?;29-,30+,31+,38?,44-,51?,52?/m00/s1. The number of amides is 14. The Hall–Kier alpha value is -10.3. The highest BCUT2D eigenvalue weighted by Crippen LogP contribution is 2.77. The summed E-state index contributed by atoms with van der Waals surface area (Å²) in [6, 6.07) is 25.5. The number of aromatic amines is 1. The Bertz CT molecular complexity index is 6770. The maximum atomic E-state index is 14.9. The van der Waals surface area contributed by atoms with Gasteiger partial charge in [0.25, 0.3) is 0 Å². The number of rotatable bonds is 38. The molecule has 146 heavy (non-hydrogen) atoms. The van der Waals surface area contributed by atoms with Crippen molar-refractivity contribution in [2.75, 3.05) is 119 Å². The van der Waals surface area contributed by atoms with E-state index in [2.05, 4.69) is 36.9 Å². The van der Waals surface area contributed by atoms with Gasteiger partial charge in [-0.1, -0.05) is 113 Å². The third kappa shape index (κ3) is 20.2. The number of aromatic nitrogens is 1. The first kappa shape index (κ1) is 107. The first-order valence-corrected chi connectivity index (χ1v) is 58.5. The molecule has 12 atom stereocenters. The minimum Gasteiger partial charge on any atom is -0.424 e. The van der Waals surface area contributed by atoms with Crippen molar-refractivity contribution in [2.45, 2.75) is 210 Å². The Morgan fingerprint density at radius 3 is 1.11 bits per heavy atom. The zero-order valence-electron chi connectivity index (χ0n) is 83.3. The summed E-state index contributed by atoms with van der Waals surface area (Å²) in [4.78, 5) is 223. The number of benzene rings is 7. The lowest BCUT2D eigenvalue weighted by atomic mass is 9.34. The fourth-order valence-corrected chi connectivity index (χ4v) is 27.1. The summed E-state index contributed by atoms with van der Waals surface area (Å²) in [6.45, 7) is 16.3. The number of hydrogen-bond acceptors (Lipinski definition) is 20. The molecule has 0 spiro atoms. The summed E-state index contributed by atoms with van der Waals surface area (Å²) in [6.07, 6.45) is 11.6. The summed E-state index contributed by atoms with van der Waals surface area (Å²) in [5.74, 6) is -3.96. The Morgan fingerprint density at radius 2 is 0.767 bits per heavy atom. The van der Waals surface area contributed by atoms with Crippen molar-refractivity contribution in [3.05, 3.63) is 131 Å². The first-order valence-electron chi connectivity index (χ1n) is 49.8. The molecule has 41 heteroatoms. The van der Waals surface area contributed by atoms with Crippen LogP contribution in [-0.4, -0.2) is 231 Å². The molecule has 33 nitrogen and oxygen atoms in total. The van der Waals surface area contributed by atoms with Crippen LogP contribution in [0.25, 0.3) is 43.2 Å². The number of aryl methyl sites for hydroxylation is 1. The van der Waals surface area contributed by atoms with Crippen LogP contribution >= 0.6 is 85.1 Å². The van der Waals surface area contributed by atoms with Crippen molar-refractivity contribution in [1.82, 2.24) is 36.1 Å². The number of thioether (sulfide) groups is 2. The van der Waals surface area contributed by atoms with E-state index in [1.807, 2.05) is 92.2 Å². The second-order valence-corrected chi connectivity index (χ2v) is 48.9. The van der Waals surface area contributed by atoms with E-state index in [4.69, 9.17) is 55.5 Å². The smallest absolute Gasteiger partial charge is 0.373 e. The van der Waals surface area contributed by atoms with Crippen molar-refractivity contribution in [3.63, 3.8) is 0 Å². The monoisotopic (exact) mass is 2150 g/mol. The lowest BCUT2D eigenvalue weighted by Gasteiger charge is -2.69. The van der Waals surface area contributed by atoms with Crippen molar-refractivity contribution in [2.24, 2.45) is 33.5 Å². The zero-order valence-corrected chi connectivity index (χ0v) is 89.7. The molecule has 4 bridgehead atoms. The van der Waals surface area contributed by atoms with Crippen LogP contribution in [0, 0.1) is 40.4 Å². The van der Waals surface area contributed by atoms with Crippen molar-refractivity contribution in [3.8, 4) is 11.5 Å². The molecule has 4 unspecified atom stereocenters. The molecule has 7 aromatic carbocycles. The highest BCUT2D eigenvalue weighted by molar-refractivity contribution is 8.00. The number of carbonyl (C=O) groups is 14. The van der Waals surface area contributed by atoms with Gasteiger partial charge in [-0.2, -0.15) is 23.5 Å². The van der Waals surface area contributed by atoms with Crippen LogP contribution in [0.3, 0.4) is 0 Å². The topological polar surface area (TPSA) is 439 Å². The third-order valence-corrected chi connectivity index (χ3v) is 35.4. The SMILES string of the molecule is CSC1CC(=O)N(CCCCCC(=O)N[C@H](C(=O)N[C@@H](C)C(=O)Nc2cc3c(c4ccccc24)[C@H](CCl)CN3C(=O)C23CC(C(=O)N4C[C@@H](CCl)c5c4cc(OP(C)(=O)O)c4[nH]cc(C)c54)(C2)C3)C(C)C)C1=O.CSC1CC(=O)N(CCCCCC(=O)N[C@H](C(=O)N[C@@H](C)C(=O)Nc2cc3c(c4ccccc24)[C@H](CCl)CN3C(=O)C23CC(C(=O)N4C[C@@H](CCl)c5c4cc(OP(C)(=O)O)c4ccccc54)(C2)C3)C(C)C)C1=O. The van der Waals surface area contributed by atoms with E-state index in [0.717, 1.165) is 73.5 Å². The molecular weight excluding hydrogens is 2030 g/mol. The van der Waals surface area contributed by atoms with Gasteiger partial charge in [-0.25, -0.2) is 9.13 Å². The van der Waals surface area contributed by atoms with Gasteiger partial charge < -0.3 is 75.3 Å². The number of unbranched alkanes of at least 4 members (excludes halogenated alkanes) is 4. The molecule has 20 rings (SSSR count). The Morgan fingerprint density at radius 1 is 0.445 bits per heavy atom. The van der Waals surface area contributed by atoms with Crippen molar-refractivity contribution >= 4 is 245 Å². The van der Waals surface area contributed by atoms with E-state index in [0.29, 0.717) is 161 Å². The van der Waals surface area contributed by atoms with Crippen molar-refractivity contribution in [1.29, 1.82) is 0 Å². The van der Waals surface area contributed by atoms with E-state index in [1.54, 1.807) is 91.6 Å². The average molecular weight is 2160 g/mol. The molecule has 6 aliphatic heterocycles. The van der Waals surface area contributed by atoms with Gasteiger partial charge in [0.2, 0.25) is 82.7 Å². The Labute approximate surface area is 874 Å². The van der Waals surface area contributed by atoms with Gasteiger partial charge in [-0.15, -0.1) is 46.4 Å². The molecule has 9 N–H and O–H groups in total. The predicted molar refractivity (Wildman–Crippen MR) is 569 cm³/mol. The quantitative estimate of drug-likeness (QED) is 0.00751. The Balaban J connectivity index is 0.000000200. The average Bonchev–Trinajstić information content (AvgIpc) is 1.13. The fraction of sp³-hybridized carbons (Fsp3) is 0.505. The number of hydrogen-bond donors (Lipinski definition) is 9. The highest BCUT2D eigenvalue weighted by Gasteiger charge is 2.78. The number of imide groups is 2. The summed E-state index contributed by atoms with van der Waals surface area (Å²) in [5, 5.41) is 21.9. The van der Waals surface area contributed by atoms with E-state index < -0.39 is 84.6 Å². The number of fused-ring (bicyclic) bond motifs is 12. The maximum absolute atomic E-state index is 14.9. The van der Waals surface area contributed by atoms with E-state index in [9.17, 15) is 86.0 Å². The molecule has 0 radical (unpaired) electrons. The van der Waals surface area contributed by atoms with Crippen LogP contribution in [0.1, 0.15) is 196 Å². The minimum atomic E-state index is -3.97. The molecule has 7 heterocycles. The second kappa shape index (κ2) is 42.2. The molecule has 8 fully saturated rings. The molecular formula is C105H123Cl4N13O20P2S2. The molecule has 6 saturated carbocycles. The number of H-pyrrole nitrogens is 1.